The molecular weight excluding hydrogens is 285 g/mol. The minimum atomic E-state index is -0.579. The molecule has 0 radical (unpaired) electrons. The van der Waals surface area contributed by atoms with Gasteiger partial charge in [0.2, 0.25) is 5.90 Å². The van der Waals surface area contributed by atoms with Gasteiger partial charge < -0.3 is 9.47 Å². The van der Waals surface area contributed by atoms with Crippen molar-refractivity contribution in [3.63, 3.8) is 0 Å². The van der Waals surface area contributed by atoms with Crippen LogP contribution in [0.15, 0.2) is 59.2 Å². The fraction of sp³-hybridized carbons (Fsp3) is 0.0588. The molecule has 2 aromatic carbocycles. The van der Waals surface area contributed by atoms with Crippen LogP contribution < -0.4 is 4.74 Å². The molecule has 0 aliphatic carbocycles. The standard InChI is InChI=1S/C17H12FNO3/c1-21-15-8-3-2-7-13(15)16-19-14(17(20)22-16)10-11-5-4-6-12(18)9-11/h2-10H,1H3/b14-10+. The van der Waals surface area contributed by atoms with E-state index in [9.17, 15) is 9.18 Å². The van der Waals surface area contributed by atoms with E-state index in [1.54, 1.807) is 30.3 Å². The highest BCUT2D eigenvalue weighted by atomic mass is 19.1. The van der Waals surface area contributed by atoms with Crippen molar-refractivity contribution in [1.29, 1.82) is 0 Å². The van der Waals surface area contributed by atoms with E-state index in [0.29, 0.717) is 16.9 Å². The summed E-state index contributed by atoms with van der Waals surface area (Å²) in [7, 11) is 1.53. The lowest BCUT2D eigenvalue weighted by molar-refractivity contribution is -0.129. The molecule has 0 unspecified atom stereocenters. The van der Waals surface area contributed by atoms with E-state index in [2.05, 4.69) is 4.99 Å². The van der Waals surface area contributed by atoms with Gasteiger partial charge in [0.25, 0.3) is 0 Å². The molecule has 0 amide bonds. The van der Waals surface area contributed by atoms with Gasteiger partial charge >= 0.3 is 5.97 Å². The number of cyclic esters (lactones) is 1. The Bertz CT molecular complexity index is 796. The van der Waals surface area contributed by atoms with Crippen molar-refractivity contribution in [2.24, 2.45) is 4.99 Å². The molecular formula is C17H12FNO3. The van der Waals surface area contributed by atoms with Gasteiger partial charge in [-0.05, 0) is 35.9 Å². The Hall–Kier alpha value is -2.95. The molecule has 22 heavy (non-hydrogen) atoms. The van der Waals surface area contributed by atoms with Crippen LogP contribution in [0.4, 0.5) is 4.39 Å². The van der Waals surface area contributed by atoms with Crippen LogP contribution in [0.2, 0.25) is 0 Å². The highest BCUT2D eigenvalue weighted by Gasteiger charge is 2.26. The first-order chi connectivity index (χ1) is 10.7. The SMILES string of the molecule is COc1ccccc1C1=N/C(=C/c2cccc(F)c2)C(=O)O1. The van der Waals surface area contributed by atoms with E-state index in [1.807, 2.05) is 6.07 Å². The number of hydrogen-bond donors (Lipinski definition) is 0. The van der Waals surface area contributed by atoms with Gasteiger partial charge in [-0.15, -0.1) is 0 Å². The van der Waals surface area contributed by atoms with Gasteiger partial charge in [-0.3, -0.25) is 0 Å². The van der Waals surface area contributed by atoms with Gasteiger partial charge in [-0.25, -0.2) is 14.2 Å². The smallest absolute Gasteiger partial charge is 0.363 e. The van der Waals surface area contributed by atoms with E-state index >= 15 is 0 Å². The lowest BCUT2D eigenvalue weighted by Crippen LogP contribution is -2.06. The molecule has 5 heteroatoms. The number of carbonyl (C=O) groups excluding carboxylic acids is 1. The van der Waals surface area contributed by atoms with Crippen LogP contribution in [0.5, 0.6) is 5.75 Å². The van der Waals surface area contributed by atoms with Crippen LogP contribution in [0.25, 0.3) is 6.08 Å². The summed E-state index contributed by atoms with van der Waals surface area (Å²) in [5.41, 5.74) is 1.24. The van der Waals surface area contributed by atoms with Crippen LogP contribution in [-0.4, -0.2) is 19.0 Å². The summed E-state index contributed by atoms with van der Waals surface area (Å²) in [5, 5.41) is 0. The van der Waals surface area contributed by atoms with Gasteiger partial charge in [0.1, 0.15) is 11.6 Å². The number of aliphatic imine (C=N–C) groups is 1. The summed E-state index contributed by atoms with van der Waals surface area (Å²) in [6.45, 7) is 0. The Morgan fingerprint density at radius 1 is 1.18 bits per heavy atom. The van der Waals surface area contributed by atoms with Gasteiger partial charge in [0, 0.05) is 0 Å². The Morgan fingerprint density at radius 2 is 2.00 bits per heavy atom. The summed E-state index contributed by atoms with van der Waals surface area (Å²) in [4.78, 5) is 16.1. The highest BCUT2D eigenvalue weighted by molar-refractivity contribution is 6.13. The molecule has 0 fully saturated rings. The maximum atomic E-state index is 13.2. The fourth-order valence-electron chi connectivity index (χ4n) is 2.10. The highest BCUT2D eigenvalue weighted by Crippen LogP contribution is 2.24. The van der Waals surface area contributed by atoms with E-state index in [4.69, 9.17) is 9.47 Å². The largest absolute Gasteiger partial charge is 0.496 e. The number of halogens is 1. The van der Waals surface area contributed by atoms with Crippen molar-refractivity contribution in [3.05, 3.63) is 71.2 Å². The Morgan fingerprint density at radius 3 is 2.77 bits per heavy atom. The summed E-state index contributed by atoms with van der Waals surface area (Å²) < 4.78 is 23.6. The second-order valence-electron chi connectivity index (χ2n) is 4.59. The van der Waals surface area contributed by atoms with Crippen molar-refractivity contribution >= 4 is 17.9 Å². The third kappa shape index (κ3) is 2.74. The third-order valence-electron chi connectivity index (χ3n) is 3.11. The van der Waals surface area contributed by atoms with Crippen LogP contribution in [0.1, 0.15) is 11.1 Å². The number of hydrogen-bond acceptors (Lipinski definition) is 4. The molecule has 1 heterocycles. The lowest BCUT2D eigenvalue weighted by Gasteiger charge is -2.05. The number of methoxy groups -OCH3 is 1. The number of rotatable bonds is 3. The van der Waals surface area contributed by atoms with E-state index in [0.717, 1.165) is 0 Å². The minimum absolute atomic E-state index is 0.117. The van der Waals surface area contributed by atoms with Crippen molar-refractivity contribution in [2.45, 2.75) is 0 Å². The van der Waals surface area contributed by atoms with Gasteiger partial charge in [0.15, 0.2) is 5.70 Å². The minimum Gasteiger partial charge on any atom is -0.496 e. The second-order valence-corrected chi connectivity index (χ2v) is 4.59. The Balaban J connectivity index is 1.98. The molecule has 0 N–H and O–H groups in total. The predicted molar refractivity (Wildman–Crippen MR) is 80.0 cm³/mol. The van der Waals surface area contributed by atoms with E-state index in [-0.39, 0.29) is 17.4 Å². The molecule has 0 saturated heterocycles. The number of carbonyl (C=O) groups is 1. The summed E-state index contributed by atoms with van der Waals surface area (Å²) in [6.07, 6.45) is 1.48. The molecule has 1 aliphatic rings. The number of ether oxygens (including phenoxy) is 2. The molecule has 0 aromatic heterocycles. The van der Waals surface area contributed by atoms with Crippen LogP contribution in [0, 0.1) is 5.82 Å². The monoisotopic (exact) mass is 297 g/mol. The summed E-state index contributed by atoms with van der Waals surface area (Å²) in [5.74, 6) is -0.231. The average molecular weight is 297 g/mol. The number of nitrogens with zero attached hydrogens (tertiary/aromatic N) is 1. The lowest BCUT2D eigenvalue weighted by atomic mass is 10.2. The van der Waals surface area contributed by atoms with Crippen molar-refractivity contribution in [3.8, 4) is 5.75 Å². The van der Waals surface area contributed by atoms with Crippen LogP contribution in [-0.2, 0) is 9.53 Å². The van der Waals surface area contributed by atoms with Crippen LogP contribution in [0.3, 0.4) is 0 Å². The summed E-state index contributed by atoms with van der Waals surface area (Å²) in [6, 6.07) is 13.0. The molecule has 1 aliphatic heterocycles. The maximum Gasteiger partial charge on any atom is 0.363 e. The predicted octanol–water partition coefficient (Wildman–Crippen LogP) is 3.18. The number of benzene rings is 2. The van der Waals surface area contributed by atoms with E-state index in [1.165, 1.54) is 25.3 Å². The van der Waals surface area contributed by atoms with Gasteiger partial charge in [-0.2, -0.15) is 0 Å². The first-order valence-electron chi connectivity index (χ1n) is 6.59. The molecule has 0 atom stereocenters. The number of para-hydroxylation sites is 1. The maximum absolute atomic E-state index is 13.2. The first kappa shape index (κ1) is 14.0. The molecule has 110 valence electrons. The zero-order valence-electron chi connectivity index (χ0n) is 11.7. The Labute approximate surface area is 126 Å². The van der Waals surface area contributed by atoms with Gasteiger partial charge in [0.05, 0.1) is 12.7 Å². The first-order valence-corrected chi connectivity index (χ1v) is 6.59. The topological polar surface area (TPSA) is 47.9 Å². The molecule has 3 rings (SSSR count). The molecule has 2 aromatic rings. The fourth-order valence-corrected chi connectivity index (χ4v) is 2.10. The zero-order chi connectivity index (χ0) is 15.5. The molecule has 0 spiro atoms. The van der Waals surface area contributed by atoms with Crippen molar-refractivity contribution < 1.29 is 18.7 Å². The molecule has 4 nitrogen and oxygen atoms in total. The summed E-state index contributed by atoms with van der Waals surface area (Å²) >= 11 is 0. The van der Waals surface area contributed by atoms with Gasteiger partial charge in [-0.1, -0.05) is 24.3 Å². The van der Waals surface area contributed by atoms with E-state index < -0.39 is 5.97 Å². The second kappa shape index (κ2) is 5.81. The quantitative estimate of drug-likeness (QED) is 0.646. The Kier molecular flexibility index (Phi) is 3.70. The normalized spacial score (nSPS) is 15.6. The molecule has 0 saturated carbocycles. The van der Waals surface area contributed by atoms with Crippen molar-refractivity contribution in [1.82, 2.24) is 0 Å². The molecule has 0 bridgehead atoms. The number of esters is 1. The zero-order valence-corrected chi connectivity index (χ0v) is 11.7. The average Bonchev–Trinajstić information content (AvgIpc) is 2.88. The van der Waals surface area contributed by atoms with Crippen molar-refractivity contribution in [2.75, 3.05) is 7.11 Å². The third-order valence-corrected chi connectivity index (χ3v) is 3.11. The van der Waals surface area contributed by atoms with Crippen LogP contribution >= 0.6 is 0 Å².